The number of fused-ring (bicyclic) bond motifs is 3. The van der Waals surface area contributed by atoms with Gasteiger partial charge in [0.25, 0.3) is 5.56 Å². The van der Waals surface area contributed by atoms with E-state index in [-0.39, 0.29) is 34.8 Å². The first kappa shape index (κ1) is 25.5. The number of rotatable bonds is 5. The summed E-state index contributed by atoms with van der Waals surface area (Å²) in [6.45, 7) is 6.22. The van der Waals surface area contributed by atoms with Crippen LogP contribution in [-0.2, 0) is 27.5 Å². The molecule has 1 aromatic carbocycles. The molecule has 0 spiro atoms. The van der Waals surface area contributed by atoms with Gasteiger partial charge in [0, 0.05) is 18.0 Å². The van der Waals surface area contributed by atoms with E-state index in [1.807, 2.05) is 32.0 Å². The van der Waals surface area contributed by atoms with Crippen LogP contribution < -0.4 is 5.56 Å². The second-order valence-electron chi connectivity index (χ2n) is 10.2. The molecule has 1 amide bonds. The monoisotopic (exact) mass is 545 g/mol. The van der Waals surface area contributed by atoms with Gasteiger partial charge >= 0.3 is 0 Å². The third-order valence-electron chi connectivity index (χ3n) is 7.38. The minimum atomic E-state index is -3.09. The Hall–Kier alpha value is -2.17. The minimum Gasteiger partial charge on any atom is -0.341 e. The molecule has 3 heterocycles. The number of hydrogen-bond donors (Lipinski definition) is 0. The largest absolute Gasteiger partial charge is 0.341 e. The summed E-state index contributed by atoms with van der Waals surface area (Å²) in [5.41, 5.74) is 3.84. The van der Waals surface area contributed by atoms with Gasteiger partial charge in [0.2, 0.25) is 5.91 Å². The van der Waals surface area contributed by atoms with Crippen molar-refractivity contribution in [3.8, 4) is 5.69 Å². The summed E-state index contributed by atoms with van der Waals surface area (Å²) in [5.74, 6) is 0.639. The molecule has 0 bridgehead atoms. The van der Waals surface area contributed by atoms with Gasteiger partial charge in [-0.25, -0.2) is 13.4 Å². The maximum Gasteiger partial charge on any atom is 0.267 e. The van der Waals surface area contributed by atoms with Gasteiger partial charge in [-0.1, -0.05) is 30.8 Å². The van der Waals surface area contributed by atoms with Crippen LogP contribution in [0.1, 0.15) is 41.3 Å². The van der Waals surface area contributed by atoms with Crippen LogP contribution in [0.25, 0.3) is 15.9 Å². The Balaban J connectivity index is 1.55. The third-order valence-corrected chi connectivity index (χ3v) is 11.2. The molecular weight excluding hydrogens is 515 g/mol. The van der Waals surface area contributed by atoms with Crippen molar-refractivity contribution in [3.05, 3.63) is 50.1 Å². The number of sulfone groups is 1. The van der Waals surface area contributed by atoms with Crippen LogP contribution in [0.5, 0.6) is 0 Å². The molecule has 1 saturated heterocycles. The lowest BCUT2D eigenvalue weighted by Crippen LogP contribution is -2.39. The van der Waals surface area contributed by atoms with E-state index in [1.165, 1.54) is 16.6 Å². The third kappa shape index (κ3) is 4.75. The van der Waals surface area contributed by atoms with Crippen molar-refractivity contribution in [1.29, 1.82) is 0 Å². The van der Waals surface area contributed by atoms with Crippen molar-refractivity contribution in [3.63, 3.8) is 0 Å². The van der Waals surface area contributed by atoms with Crippen molar-refractivity contribution >= 4 is 49.1 Å². The Morgan fingerprint density at radius 2 is 2.06 bits per heavy atom. The van der Waals surface area contributed by atoms with Crippen LogP contribution >= 0.6 is 23.1 Å². The topological polar surface area (TPSA) is 89.3 Å². The van der Waals surface area contributed by atoms with Crippen LogP contribution in [0, 0.1) is 19.8 Å². The van der Waals surface area contributed by atoms with Gasteiger partial charge in [0.1, 0.15) is 4.83 Å². The van der Waals surface area contributed by atoms with E-state index in [0.29, 0.717) is 22.9 Å². The second kappa shape index (κ2) is 9.61. The Kier molecular flexibility index (Phi) is 6.80. The quantitative estimate of drug-likeness (QED) is 0.357. The number of amides is 1. The van der Waals surface area contributed by atoms with Gasteiger partial charge in [-0.3, -0.25) is 14.2 Å². The Labute approximate surface area is 219 Å². The van der Waals surface area contributed by atoms with Gasteiger partial charge in [0.15, 0.2) is 15.0 Å². The van der Waals surface area contributed by atoms with Crippen LogP contribution in [0.2, 0.25) is 0 Å². The van der Waals surface area contributed by atoms with E-state index in [0.717, 1.165) is 46.5 Å². The van der Waals surface area contributed by atoms with E-state index >= 15 is 0 Å². The number of thiophene rings is 1. The van der Waals surface area contributed by atoms with Crippen molar-refractivity contribution in [2.75, 3.05) is 24.3 Å². The highest BCUT2D eigenvalue weighted by atomic mass is 32.2. The predicted octanol–water partition coefficient (Wildman–Crippen LogP) is 3.93. The molecule has 1 aliphatic carbocycles. The highest BCUT2D eigenvalue weighted by Gasteiger charge is 2.33. The molecule has 1 fully saturated rings. The number of carbonyl (C=O) groups excluding carboxylic acids is 1. The molecule has 3 aromatic rings. The Morgan fingerprint density at radius 1 is 1.28 bits per heavy atom. The highest BCUT2D eigenvalue weighted by molar-refractivity contribution is 7.99. The number of thioether (sulfide) groups is 1. The van der Waals surface area contributed by atoms with Crippen LogP contribution in [0.3, 0.4) is 0 Å². The molecule has 36 heavy (non-hydrogen) atoms. The predicted molar refractivity (Wildman–Crippen MR) is 146 cm³/mol. The zero-order chi connectivity index (χ0) is 25.8. The Bertz CT molecular complexity index is 1520. The molecule has 10 heteroatoms. The molecular formula is C26H31N3O4S3. The summed E-state index contributed by atoms with van der Waals surface area (Å²) in [4.78, 5) is 35.5. The number of aryl methyl sites for hydroxylation is 3. The lowest BCUT2D eigenvalue weighted by atomic mass is 9.89. The SMILES string of the molecule is Cc1ccc(C)c(-n2c(SCC(=O)N(C)[C@H]3CCS(=O)(=O)C3)nc3sc4c(c3c2=O)CC[C@@H](C)C4)c1. The van der Waals surface area contributed by atoms with E-state index in [1.54, 1.807) is 27.9 Å². The van der Waals surface area contributed by atoms with Crippen molar-refractivity contribution in [1.82, 2.24) is 14.5 Å². The van der Waals surface area contributed by atoms with Crippen LogP contribution in [0.4, 0.5) is 0 Å². The summed E-state index contributed by atoms with van der Waals surface area (Å²) in [6, 6.07) is 5.71. The lowest BCUT2D eigenvalue weighted by molar-refractivity contribution is -0.128. The fourth-order valence-corrected chi connectivity index (χ4v) is 9.28. The minimum absolute atomic E-state index is 0.0104. The number of hydrogen-bond acceptors (Lipinski definition) is 7. The number of aromatic nitrogens is 2. The molecule has 0 N–H and O–H groups in total. The Morgan fingerprint density at radius 3 is 2.78 bits per heavy atom. The van der Waals surface area contributed by atoms with Crippen LogP contribution in [0.15, 0.2) is 28.2 Å². The average molecular weight is 546 g/mol. The lowest BCUT2D eigenvalue weighted by Gasteiger charge is -2.23. The summed E-state index contributed by atoms with van der Waals surface area (Å²) in [7, 11) is -1.42. The molecule has 7 nitrogen and oxygen atoms in total. The molecule has 5 rings (SSSR count). The summed E-state index contributed by atoms with van der Waals surface area (Å²) in [5, 5.41) is 1.21. The standard InChI is InChI=1S/C26H31N3O4S3/c1-15-5-7-17(3)20(11-15)29-25(31)23-19-8-6-16(2)12-21(19)35-24(23)27-26(29)34-13-22(30)28(4)18-9-10-36(32,33)14-18/h5,7,11,16,18H,6,8-10,12-14H2,1-4H3/t16-,18+/m1/s1. The van der Waals surface area contributed by atoms with E-state index in [4.69, 9.17) is 4.98 Å². The van der Waals surface area contributed by atoms with Gasteiger partial charge < -0.3 is 4.90 Å². The summed E-state index contributed by atoms with van der Waals surface area (Å²) in [6.07, 6.45) is 3.39. The zero-order valence-corrected chi connectivity index (χ0v) is 23.5. The number of benzene rings is 1. The average Bonchev–Trinajstić information content (AvgIpc) is 3.37. The van der Waals surface area contributed by atoms with Crippen molar-refractivity contribution in [2.45, 2.75) is 57.7 Å². The molecule has 192 valence electrons. The van der Waals surface area contributed by atoms with E-state index in [9.17, 15) is 18.0 Å². The number of carbonyl (C=O) groups is 1. The molecule has 2 aliphatic rings. The normalized spacial score (nSPS) is 21.0. The van der Waals surface area contributed by atoms with Crippen molar-refractivity contribution in [2.24, 2.45) is 5.92 Å². The summed E-state index contributed by atoms with van der Waals surface area (Å²) >= 11 is 2.85. The number of nitrogens with zero attached hydrogens (tertiary/aromatic N) is 3. The zero-order valence-electron chi connectivity index (χ0n) is 21.0. The molecule has 1 aliphatic heterocycles. The second-order valence-corrected chi connectivity index (χ2v) is 14.5. The van der Waals surface area contributed by atoms with Crippen LogP contribution in [-0.4, -0.2) is 59.1 Å². The smallest absolute Gasteiger partial charge is 0.267 e. The maximum atomic E-state index is 14.0. The highest BCUT2D eigenvalue weighted by Crippen LogP contribution is 2.37. The molecule has 2 atom stereocenters. The summed E-state index contributed by atoms with van der Waals surface area (Å²) < 4.78 is 25.4. The van der Waals surface area contributed by atoms with E-state index in [2.05, 4.69) is 6.92 Å². The van der Waals surface area contributed by atoms with Crippen molar-refractivity contribution < 1.29 is 13.2 Å². The molecule has 0 radical (unpaired) electrons. The van der Waals surface area contributed by atoms with Gasteiger partial charge in [-0.15, -0.1) is 11.3 Å². The first-order valence-corrected chi connectivity index (χ1v) is 15.9. The van der Waals surface area contributed by atoms with E-state index < -0.39 is 9.84 Å². The fourth-order valence-electron chi connectivity index (χ4n) is 5.15. The fraction of sp³-hybridized carbons (Fsp3) is 0.500. The first-order chi connectivity index (χ1) is 17.0. The van der Waals surface area contributed by atoms with Gasteiger partial charge in [-0.05, 0) is 68.2 Å². The molecule has 2 aromatic heterocycles. The molecule has 0 saturated carbocycles. The van der Waals surface area contributed by atoms with Gasteiger partial charge in [0.05, 0.1) is 28.3 Å². The molecule has 0 unspecified atom stereocenters. The first-order valence-electron chi connectivity index (χ1n) is 12.3. The van der Waals surface area contributed by atoms with Gasteiger partial charge in [-0.2, -0.15) is 0 Å². The maximum absolute atomic E-state index is 14.0.